The van der Waals surface area contributed by atoms with E-state index in [2.05, 4.69) is 20.9 Å². The number of halogens is 3. The molecule has 0 radical (unpaired) electrons. The molecule has 0 fully saturated rings. The number of pyridine rings is 1. The van der Waals surface area contributed by atoms with Crippen molar-refractivity contribution >= 4 is 38.1 Å². The largest absolute Gasteiger partial charge is 0.265 e. The quantitative estimate of drug-likeness (QED) is 0.750. The Balaban J connectivity index is 2.67. The Hall–Kier alpha value is -1.70. The molecule has 19 heavy (non-hydrogen) atoms. The van der Waals surface area contributed by atoms with E-state index in [-0.39, 0.29) is 16.2 Å². The number of nitrogens with zero attached hydrogens (tertiary/aromatic N) is 2. The van der Waals surface area contributed by atoms with Gasteiger partial charge in [-0.1, -0.05) is 33.6 Å². The summed E-state index contributed by atoms with van der Waals surface area (Å²) >= 11 is 9.42. The number of aromatic nitrogens is 1. The lowest BCUT2D eigenvalue weighted by Crippen LogP contribution is -1.91. The summed E-state index contributed by atoms with van der Waals surface area (Å²) in [5.74, 6) is -0.485. The van der Waals surface area contributed by atoms with E-state index in [4.69, 9.17) is 11.6 Å². The van der Waals surface area contributed by atoms with Gasteiger partial charge in [0.2, 0.25) is 0 Å². The Labute approximate surface area is 123 Å². The van der Waals surface area contributed by atoms with Crippen LogP contribution in [0.2, 0.25) is 0 Å². The smallest absolute Gasteiger partial charge is 0.133 e. The molecule has 0 aliphatic rings. The predicted molar refractivity (Wildman–Crippen MR) is 76.6 cm³/mol. The van der Waals surface area contributed by atoms with Gasteiger partial charge in [0.15, 0.2) is 0 Å². The van der Waals surface area contributed by atoms with Crippen molar-refractivity contribution in [2.45, 2.75) is 0 Å². The van der Waals surface area contributed by atoms with Gasteiger partial charge in [-0.2, -0.15) is 5.26 Å². The summed E-state index contributed by atoms with van der Waals surface area (Å²) in [6.07, 6.45) is 3.10. The van der Waals surface area contributed by atoms with Crippen molar-refractivity contribution in [1.82, 2.24) is 4.98 Å². The van der Waals surface area contributed by atoms with Crippen LogP contribution in [0.1, 0.15) is 11.1 Å². The standard InChI is InChI=1S/C14H7BrClFN2/c15-11-2-1-3-12(17)13(11)14(16)10(8-18)9-4-6-19-7-5-9/h1-7H/b14-10+. The van der Waals surface area contributed by atoms with E-state index >= 15 is 0 Å². The highest BCUT2D eigenvalue weighted by Crippen LogP contribution is 2.35. The molecule has 0 saturated heterocycles. The average Bonchev–Trinajstić information content (AvgIpc) is 2.40. The molecule has 94 valence electrons. The maximum atomic E-state index is 13.8. The van der Waals surface area contributed by atoms with Crippen molar-refractivity contribution in [3.8, 4) is 6.07 Å². The van der Waals surface area contributed by atoms with E-state index in [1.54, 1.807) is 36.7 Å². The van der Waals surface area contributed by atoms with Gasteiger partial charge in [-0.05, 0) is 29.8 Å². The molecule has 0 spiro atoms. The lowest BCUT2D eigenvalue weighted by molar-refractivity contribution is 0.624. The van der Waals surface area contributed by atoms with Crippen LogP contribution in [0, 0.1) is 17.1 Å². The highest BCUT2D eigenvalue weighted by atomic mass is 79.9. The zero-order chi connectivity index (χ0) is 13.8. The van der Waals surface area contributed by atoms with E-state index in [0.29, 0.717) is 10.0 Å². The molecule has 0 saturated carbocycles. The van der Waals surface area contributed by atoms with Crippen molar-refractivity contribution in [2.24, 2.45) is 0 Å². The molecule has 2 aromatic rings. The molecule has 2 nitrogen and oxygen atoms in total. The number of hydrogen-bond acceptors (Lipinski definition) is 2. The fraction of sp³-hybridized carbons (Fsp3) is 0. The molecule has 0 amide bonds. The number of benzene rings is 1. The van der Waals surface area contributed by atoms with Crippen LogP contribution >= 0.6 is 27.5 Å². The first-order chi connectivity index (χ1) is 9.15. The Morgan fingerprint density at radius 3 is 2.53 bits per heavy atom. The van der Waals surface area contributed by atoms with Crippen LogP contribution in [0.15, 0.2) is 47.2 Å². The molecule has 0 bridgehead atoms. The molecular weight excluding hydrogens is 331 g/mol. The molecule has 2 rings (SSSR count). The number of rotatable bonds is 2. The summed E-state index contributed by atoms with van der Waals surface area (Å²) in [5.41, 5.74) is 0.977. The van der Waals surface area contributed by atoms with Crippen LogP contribution in [0.5, 0.6) is 0 Å². The second kappa shape index (κ2) is 5.96. The van der Waals surface area contributed by atoms with E-state index in [0.717, 1.165) is 0 Å². The molecule has 0 N–H and O–H groups in total. The number of nitriles is 1. The Morgan fingerprint density at radius 1 is 1.26 bits per heavy atom. The van der Waals surface area contributed by atoms with Gasteiger partial charge in [0.1, 0.15) is 11.9 Å². The SMILES string of the molecule is N#C/C(=C(\Cl)c1c(F)cccc1Br)c1ccncc1. The molecule has 0 unspecified atom stereocenters. The normalized spacial score (nSPS) is 11.7. The predicted octanol–water partition coefficient (Wildman–Crippen LogP) is 4.61. The van der Waals surface area contributed by atoms with Crippen LogP contribution in [0.3, 0.4) is 0 Å². The van der Waals surface area contributed by atoms with Crippen molar-refractivity contribution in [2.75, 3.05) is 0 Å². The minimum absolute atomic E-state index is 0.0682. The molecule has 5 heteroatoms. The van der Waals surface area contributed by atoms with E-state index in [9.17, 15) is 9.65 Å². The Kier molecular flexibility index (Phi) is 4.31. The molecule has 1 aromatic heterocycles. The first-order valence-corrected chi connectivity index (χ1v) is 6.47. The van der Waals surface area contributed by atoms with Crippen LogP contribution < -0.4 is 0 Å². The first-order valence-electron chi connectivity index (χ1n) is 5.29. The fourth-order valence-electron chi connectivity index (χ4n) is 1.59. The molecular formula is C14H7BrClFN2. The molecule has 1 heterocycles. The number of hydrogen-bond donors (Lipinski definition) is 0. The van der Waals surface area contributed by atoms with Crippen molar-refractivity contribution in [3.63, 3.8) is 0 Å². The summed E-state index contributed by atoms with van der Waals surface area (Å²) < 4.78 is 14.3. The third kappa shape index (κ3) is 2.83. The summed E-state index contributed by atoms with van der Waals surface area (Å²) in [7, 11) is 0. The maximum Gasteiger partial charge on any atom is 0.133 e. The van der Waals surface area contributed by atoms with Gasteiger partial charge in [-0.25, -0.2) is 4.39 Å². The van der Waals surface area contributed by atoms with Crippen LogP contribution in [0.25, 0.3) is 10.6 Å². The van der Waals surface area contributed by atoms with Crippen molar-refractivity contribution in [3.05, 3.63) is 64.1 Å². The van der Waals surface area contributed by atoms with E-state index < -0.39 is 5.82 Å². The van der Waals surface area contributed by atoms with E-state index in [1.807, 2.05) is 6.07 Å². The first kappa shape index (κ1) is 13.7. The van der Waals surface area contributed by atoms with Gasteiger partial charge in [0.05, 0.1) is 10.6 Å². The fourth-order valence-corrected chi connectivity index (χ4v) is 2.59. The van der Waals surface area contributed by atoms with Gasteiger partial charge in [-0.3, -0.25) is 4.98 Å². The van der Waals surface area contributed by atoms with Gasteiger partial charge in [0, 0.05) is 22.4 Å². The highest BCUT2D eigenvalue weighted by molar-refractivity contribution is 9.10. The molecule has 0 aliphatic carbocycles. The van der Waals surface area contributed by atoms with Gasteiger partial charge in [0.25, 0.3) is 0 Å². The average molecular weight is 338 g/mol. The zero-order valence-electron chi connectivity index (χ0n) is 9.57. The minimum Gasteiger partial charge on any atom is -0.265 e. The monoisotopic (exact) mass is 336 g/mol. The van der Waals surface area contributed by atoms with Gasteiger partial charge < -0.3 is 0 Å². The molecule has 1 aromatic carbocycles. The summed E-state index contributed by atoms with van der Waals surface area (Å²) in [6.45, 7) is 0. The van der Waals surface area contributed by atoms with Crippen LogP contribution in [-0.2, 0) is 0 Å². The molecule has 0 aliphatic heterocycles. The molecule has 0 atom stereocenters. The minimum atomic E-state index is -0.485. The maximum absolute atomic E-state index is 13.8. The van der Waals surface area contributed by atoms with Crippen LogP contribution in [0.4, 0.5) is 4.39 Å². The second-order valence-corrected chi connectivity index (χ2v) is 4.87. The van der Waals surface area contributed by atoms with Gasteiger partial charge >= 0.3 is 0 Å². The van der Waals surface area contributed by atoms with Crippen LogP contribution in [-0.4, -0.2) is 4.98 Å². The number of allylic oxidation sites excluding steroid dienone is 1. The topological polar surface area (TPSA) is 36.7 Å². The second-order valence-electron chi connectivity index (χ2n) is 3.63. The van der Waals surface area contributed by atoms with Crippen molar-refractivity contribution in [1.29, 1.82) is 5.26 Å². The summed E-state index contributed by atoms with van der Waals surface area (Å²) in [5, 5.41) is 9.31. The lowest BCUT2D eigenvalue weighted by atomic mass is 10.0. The zero-order valence-corrected chi connectivity index (χ0v) is 11.9. The Morgan fingerprint density at radius 2 is 1.95 bits per heavy atom. The summed E-state index contributed by atoms with van der Waals surface area (Å²) in [4.78, 5) is 3.87. The van der Waals surface area contributed by atoms with E-state index in [1.165, 1.54) is 6.07 Å². The summed E-state index contributed by atoms with van der Waals surface area (Å²) in [6, 6.07) is 9.83. The van der Waals surface area contributed by atoms with Crippen molar-refractivity contribution < 1.29 is 4.39 Å². The highest BCUT2D eigenvalue weighted by Gasteiger charge is 2.15. The Bertz CT molecular complexity index is 657. The van der Waals surface area contributed by atoms with Gasteiger partial charge in [-0.15, -0.1) is 0 Å². The third-order valence-electron chi connectivity index (χ3n) is 2.48. The third-order valence-corrected chi connectivity index (χ3v) is 3.52. The lowest BCUT2D eigenvalue weighted by Gasteiger charge is -2.07.